The van der Waals surface area contributed by atoms with E-state index in [-0.39, 0.29) is 28.0 Å². The number of benzene rings is 1. The second-order valence-corrected chi connectivity index (χ2v) is 4.41. The van der Waals surface area contributed by atoms with Crippen LogP contribution in [0.25, 0.3) is 0 Å². The molecule has 0 unspecified atom stereocenters. The number of rotatable bonds is 3. The first-order valence-corrected chi connectivity index (χ1v) is 5.95. The summed E-state index contributed by atoms with van der Waals surface area (Å²) in [7, 11) is 0. The Labute approximate surface area is 123 Å². The number of hydrogen-bond donors (Lipinski definition) is 0. The highest BCUT2D eigenvalue weighted by atomic mass is 35.5. The normalized spacial score (nSPS) is 9.85. The van der Waals surface area contributed by atoms with E-state index in [9.17, 15) is 10.1 Å². The second-order valence-electron chi connectivity index (χ2n) is 3.56. The molecule has 0 radical (unpaired) electrons. The Morgan fingerprint density at radius 2 is 2.05 bits per heavy atom. The minimum atomic E-state index is -0.690. The van der Waals surface area contributed by atoms with Crippen molar-refractivity contribution < 1.29 is 9.66 Å². The van der Waals surface area contributed by atoms with Gasteiger partial charge < -0.3 is 4.74 Å². The van der Waals surface area contributed by atoms with Crippen LogP contribution < -0.4 is 4.74 Å². The zero-order valence-corrected chi connectivity index (χ0v) is 11.2. The van der Waals surface area contributed by atoms with Gasteiger partial charge >= 0.3 is 5.69 Å². The standard InChI is InChI=1S/C12H5Cl2N3O3/c13-7-1-3-11(8(14)5-7)20-12-4-2-10(17(18)19)9(6-15)16-12/h1-5H. The molecule has 0 saturated heterocycles. The van der Waals surface area contributed by atoms with Crippen LogP contribution in [0.4, 0.5) is 5.69 Å². The molecule has 1 aromatic heterocycles. The van der Waals surface area contributed by atoms with Crippen LogP contribution in [0.3, 0.4) is 0 Å². The summed E-state index contributed by atoms with van der Waals surface area (Å²) in [5.74, 6) is 0.303. The molecular weight excluding hydrogens is 305 g/mol. The maximum Gasteiger partial charge on any atom is 0.305 e. The molecule has 0 aliphatic carbocycles. The van der Waals surface area contributed by atoms with Crippen LogP contribution in [0.1, 0.15) is 5.69 Å². The van der Waals surface area contributed by atoms with Crippen molar-refractivity contribution in [3.05, 3.63) is 56.2 Å². The third-order valence-electron chi connectivity index (χ3n) is 2.26. The number of nitro groups is 1. The summed E-state index contributed by atoms with van der Waals surface area (Å²) in [5.41, 5.74) is -0.723. The van der Waals surface area contributed by atoms with Gasteiger partial charge in [0.15, 0.2) is 0 Å². The highest BCUT2D eigenvalue weighted by Gasteiger charge is 2.16. The highest BCUT2D eigenvalue weighted by molar-refractivity contribution is 6.35. The number of aromatic nitrogens is 1. The average molecular weight is 310 g/mol. The predicted octanol–water partition coefficient (Wildman–Crippen LogP) is 3.96. The van der Waals surface area contributed by atoms with E-state index in [1.54, 1.807) is 12.1 Å². The quantitative estimate of drug-likeness (QED) is 0.632. The summed E-state index contributed by atoms with van der Waals surface area (Å²) < 4.78 is 5.37. The van der Waals surface area contributed by atoms with E-state index in [0.717, 1.165) is 6.07 Å². The molecule has 0 aliphatic heterocycles. The van der Waals surface area contributed by atoms with E-state index in [0.29, 0.717) is 5.02 Å². The van der Waals surface area contributed by atoms with Gasteiger partial charge in [-0.15, -0.1) is 0 Å². The Morgan fingerprint density at radius 1 is 1.30 bits per heavy atom. The van der Waals surface area contributed by atoms with Crippen LogP contribution in [0.5, 0.6) is 11.6 Å². The first-order valence-electron chi connectivity index (χ1n) is 5.19. The summed E-state index contributed by atoms with van der Waals surface area (Å²) in [6.45, 7) is 0. The minimum absolute atomic E-state index is 0.0244. The lowest BCUT2D eigenvalue weighted by Crippen LogP contribution is -1.97. The van der Waals surface area contributed by atoms with E-state index in [1.807, 2.05) is 0 Å². The molecule has 100 valence electrons. The first kappa shape index (κ1) is 14.1. The molecule has 0 fully saturated rings. The lowest BCUT2D eigenvalue weighted by Gasteiger charge is -2.06. The van der Waals surface area contributed by atoms with E-state index in [2.05, 4.69) is 4.98 Å². The van der Waals surface area contributed by atoms with Crippen molar-refractivity contribution in [3.8, 4) is 17.7 Å². The van der Waals surface area contributed by atoms with Crippen molar-refractivity contribution in [1.82, 2.24) is 4.98 Å². The molecule has 0 spiro atoms. The average Bonchev–Trinajstić information content (AvgIpc) is 2.41. The maximum absolute atomic E-state index is 10.7. The summed E-state index contributed by atoms with van der Waals surface area (Å²) in [6.07, 6.45) is 0. The summed E-state index contributed by atoms with van der Waals surface area (Å²) in [5, 5.41) is 20.2. The lowest BCUT2D eigenvalue weighted by molar-refractivity contribution is -0.385. The molecule has 0 bridgehead atoms. The number of halogens is 2. The van der Waals surface area contributed by atoms with E-state index in [4.69, 9.17) is 33.2 Å². The highest BCUT2D eigenvalue weighted by Crippen LogP contribution is 2.31. The maximum atomic E-state index is 10.7. The van der Waals surface area contributed by atoms with Crippen LogP contribution >= 0.6 is 23.2 Å². The van der Waals surface area contributed by atoms with Gasteiger partial charge in [-0.25, -0.2) is 0 Å². The smallest absolute Gasteiger partial charge is 0.305 e. The first-order chi connectivity index (χ1) is 9.51. The molecule has 0 amide bonds. The summed E-state index contributed by atoms with van der Waals surface area (Å²) >= 11 is 11.7. The molecule has 8 heteroatoms. The molecule has 2 aromatic rings. The molecule has 20 heavy (non-hydrogen) atoms. The van der Waals surface area contributed by atoms with Crippen molar-refractivity contribution in [3.63, 3.8) is 0 Å². The van der Waals surface area contributed by atoms with Crippen molar-refractivity contribution in [1.29, 1.82) is 5.26 Å². The van der Waals surface area contributed by atoms with E-state index >= 15 is 0 Å². The Kier molecular flexibility index (Phi) is 4.03. The zero-order valence-electron chi connectivity index (χ0n) is 9.71. The van der Waals surface area contributed by atoms with Crippen molar-refractivity contribution in [2.45, 2.75) is 0 Å². The summed E-state index contributed by atoms with van der Waals surface area (Å²) in [6, 6.07) is 8.64. The molecule has 0 aliphatic rings. The monoisotopic (exact) mass is 309 g/mol. The molecule has 2 rings (SSSR count). The molecular formula is C12H5Cl2N3O3. The fourth-order valence-corrected chi connectivity index (χ4v) is 1.84. The minimum Gasteiger partial charge on any atom is -0.437 e. The third-order valence-corrected chi connectivity index (χ3v) is 2.79. The van der Waals surface area contributed by atoms with Gasteiger partial charge in [-0.05, 0) is 18.2 Å². The second kappa shape index (κ2) is 5.74. The number of ether oxygens (including phenoxy) is 1. The van der Waals surface area contributed by atoms with Crippen LogP contribution in [-0.4, -0.2) is 9.91 Å². The fourth-order valence-electron chi connectivity index (χ4n) is 1.39. The number of nitrogens with zero attached hydrogens (tertiary/aromatic N) is 3. The van der Waals surface area contributed by atoms with Gasteiger partial charge in [-0.2, -0.15) is 10.2 Å². The number of nitriles is 1. The molecule has 0 atom stereocenters. The van der Waals surface area contributed by atoms with Gasteiger partial charge in [0.1, 0.15) is 11.8 Å². The lowest BCUT2D eigenvalue weighted by atomic mass is 10.3. The SMILES string of the molecule is N#Cc1nc(Oc2ccc(Cl)cc2Cl)ccc1[N+](=O)[O-]. The molecule has 1 aromatic carbocycles. The van der Waals surface area contributed by atoms with Gasteiger partial charge in [-0.1, -0.05) is 23.2 Å². The Hall–Kier alpha value is -2.36. The van der Waals surface area contributed by atoms with Crippen LogP contribution in [0, 0.1) is 21.4 Å². The van der Waals surface area contributed by atoms with Crippen LogP contribution in [0.15, 0.2) is 30.3 Å². The van der Waals surface area contributed by atoms with Gasteiger partial charge in [0.05, 0.1) is 9.95 Å². The number of pyridine rings is 1. The fraction of sp³-hybridized carbons (Fsp3) is 0. The van der Waals surface area contributed by atoms with Crippen molar-refractivity contribution in [2.24, 2.45) is 0 Å². The van der Waals surface area contributed by atoms with Crippen LogP contribution in [-0.2, 0) is 0 Å². The molecule has 6 nitrogen and oxygen atoms in total. The third kappa shape index (κ3) is 2.96. The molecule has 0 N–H and O–H groups in total. The van der Waals surface area contributed by atoms with Crippen molar-refractivity contribution >= 4 is 28.9 Å². The van der Waals surface area contributed by atoms with Gasteiger partial charge in [0.2, 0.25) is 11.6 Å². The molecule has 0 saturated carbocycles. The van der Waals surface area contributed by atoms with Gasteiger partial charge in [0, 0.05) is 17.2 Å². The topological polar surface area (TPSA) is 89.0 Å². The van der Waals surface area contributed by atoms with Gasteiger partial charge in [0.25, 0.3) is 0 Å². The zero-order chi connectivity index (χ0) is 14.7. The molecule has 1 heterocycles. The Balaban J connectivity index is 2.35. The predicted molar refractivity (Wildman–Crippen MR) is 72.1 cm³/mol. The van der Waals surface area contributed by atoms with Crippen molar-refractivity contribution in [2.75, 3.05) is 0 Å². The van der Waals surface area contributed by atoms with Gasteiger partial charge in [-0.3, -0.25) is 10.1 Å². The summed E-state index contributed by atoms with van der Waals surface area (Å²) in [4.78, 5) is 13.7. The Morgan fingerprint density at radius 3 is 2.65 bits per heavy atom. The number of hydrogen-bond acceptors (Lipinski definition) is 5. The van der Waals surface area contributed by atoms with E-state index in [1.165, 1.54) is 18.2 Å². The Bertz CT molecular complexity index is 728. The largest absolute Gasteiger partial charge is 0.437 e. The van der Waals surface area contributed by atoms with E-state index < -0.39 is 4.92 Å². The van der Waals surface area contributed by atoms with Crippen LogP contribution in [0.2, 0.25) is 10.0 Å².